The van der Waals surface area contributed by atoms with Crippen LogP contribution in [0.15, 0.2) is 42.5 Å². The lowest BCUT2D eigenvalue weighted by Gasteiger charge is -2.10. The Kier molecular flexibility index (Phi) is 6.68. The quantitative estimate of drug-likeness (QED) is 0.586. The molecule has 0 aliphatic rings. The van der Waals surface area contributed by atoms with Crippen molar-refractivity contribution in [2.45, 2.75) is 60.3 Å². The first-order chi connectivity index (χ1) is 9.84. The molecule has 0 fully saturated rings. The molecule has 0 aliphatic carbocycles. The van der Waals surface area contributed by atoms with Crippen LogP contribution in [0.1, 0.15) is 67.3 Å². The number of aryl methyl sites for hydroxylation is 2. The number of hydrogen-bond acceptors (Lipinski definition) is 0. The topological polar surface area (TPSA) is 0 Å². The van der Waals surface area contributed by atoms with E-state index < -0.39 is 0 Å². The van der Waals surface area contributed by atoms with Crippen LogP contribution in [-0.2, 0) is 0 Å². The molecule has 0 heterocycles. The molecule has 0 radical (unpaired) electrons. The molecular formula is C21H30. The Morgan fingerprint density at radius 3 is 1.48 bits per heavy atom. The second-order valence-corrected chi connectivity index (χ2v) is 6.46. The fourth-order valence-corrected chi connectivity index (χ4v) is 2.63. The van der Waals surface area contributed by atoms with Crippen LogP contribution in [0.3, 0.4) is 0 Å². The molecule has 0 heteroatoms. The van der Waals surface area contributed by atoms with E-state index in [-0.39, 0.29) is 0 Å². The number of rotatable bonds is 2. The van der Waals surface area contributed by atoms with Crippen molar-refractivity contribution < 1.29 is 0 Å². The van der Waals surface area contributed by atoms with E-state index in [2.05, 4.69) is 90.9 Å². The molecule has 0 amide bonds. The summed E-state index contributed by atoms with van der Waals surface area (Å²) in [5.41, 5.74) is 7.18. The van der Waals surface area contributed by atoms with Gasteiger partial charge < -0.3 is 0 Å². The Morgan fingerprint density at radius 1 is 0.571 bits per heavy atom. The predicted octanol–water partition coefficient (Wildman–Crippen LogP) is 6.55. The summed E-state index contributed by atoms with van der Waals surface area (Å²) in [7, 11) is 0. The minimum atomic E-state index is 0.648. The summed E-state index contributed by atoms with van der Waals surface area (Å²) in [5, 5.41) is 0. The molecule has 2 aromatic rings. The van der Waals surface area contributed by atoms with Crippen LogP contribution >= 0.6 is 0 Å². The average Bonchev–Trinajstić information content (AvgIpc) is 2.42. The molecule has 0 aromatic heterocycles. The van der Waals surface area contributed by atoms with Crippen LogP contribution in [0, 0.1) is 20.8 Å². The Hall–Kier alpha value is -1.56. The van der Waals surface area contributed by atoms with Gasteiger partial charge in [-0.3, -0.25) is 0 Å². The third kappa shape index (κ3) is 5.04. The molecule has 0 saturated carbocycles. The van der Waals surface area contributed by atoms with Gasteiger partial charge in [-0.2, -0.15) is 0 Å². The molecule has 0 unspecified atom stereocenters. The first-order valence-electron chi connectivity index (χ1n) is 7.96. The smallest absolute Gasteiger partial charge is 0.0216 e. The van der Waals surface area contributed by atoms with E-state index in [4.69, 9.17) is 0 Å². The van der Waals surface area contributed by atoms with E-state index in [1.54, 1.807) is 0 Å². The zero-order valence-electron chi connectivity index (χ0n) is 14.7. The lowest BCUT2D eigenvalue weighted by Crippen LogP contribution is -1.93. The van der Waals surface area contributed by atoms with E-state index >= 15 is 0 Å². The third-order valence-corrected chi connectivity index (χ3v) is 4.08. The van der Waals surface area contributed by atoms with Gasteiger partial charge in [-0.1, -0.05) is 70.2 Å². The van der Waals surface area contributed by atoms with E-state index in [1.165, 1.54) is 27.8 Å². The van der Waals surface area contributed by atoms with Gasteiger partial charge in [0.15, 0.2) is 0 Å². The van der Waals surface area contributed by atoms with Crippen LogP contribution in [-0.4, -0.2) is 0 Å². The van der Waals surface area contributed by atoms with Gasteiger partial charge in [0.2, 0.25) is 0 Å². The maximum Gasteiger partial charge on any atom is -0.0216 e. The van der Waals surface area contributed by atoms with Crippen molar-refractivity contribution >= 4 is 0 Å². The van der Waals surface area contributed by atoms with Gasteiger partial charge in [-0.25, -0.2) is 0 Å². The summed E-state index contributed by atoms with van der Waals surface area (Å²) in [6, 6.07) is 15.1. The summed E-state index contributed by atoms with van der Waals surface area (Å²) in [4.78, 5) is 0. The normalized spacial score (nSPS) is 10.5. The second kappa shape index (κ2) is 8.02. The summed E-state index contributed by atoms with van der Waals surface area (Å²) in [6.45, 7) is 15.5. The highest BCUT2D eigenvalue weighted by molar-refractivity contribution is 5.34. The second-order valence-electron chi connectivity index (χ2n) is 6.46. The monoisotopic (exact) mass is 282 g/mol. The highest BCUT2D eigenvalue weighted by Crippen LogP contribution is 2.20. The maximum absolute atomic E-state index is 2.24. The molecule has 0 aliphatic heterocycles. The Bertz CT molecular complexity index is 562. The van der Waals surface area contributed by atoms with E-state index in [0.29, 0.717) is 11.8 Å². The predicted molar refractivity (Wildman–Crippen MR) is 95.3 cm³/mol. The van der Waals surface area contributed by atoms with E-state index in [0.717, 1.165) is 0 Å². The van der Waals surface area contributed by atoms with Crippen LogP contribution in [0.5, 0.6) is 0 Å². The van der Waals surface area contributed by atoms with Crippen molar-refractivity contribution in [1.29, 1.82) is 0 Å². The Morgan fingerprint density at radius 2 is 1.05 bits per heavy atom. The Balaban J connectivity index is 0.000000211. The Labute approximate surface area is 131 Å². The van der Waals surface area contributed by atoms with Crippen LogP contribution < -0.4 is 0 Å². The zero-order valence-corrected chi connectivity index (χ0v) is 14.7. The lowest BCUT2D eigenvalue weighted by molar-refractivity contribution is 0.854. The lowest BCUT2D eigenvalue weighted by atomic mass is 9.95. The molecule has 0 N–H and O–H groups in total. The average molecular weight is 282 g/mol. The molecule has 0 spiro atoms. The van der Waals surface area contributed by atoms with Crippen molar-refractivity contribution in [1.82, 2.24) is 0 Å². The van der Waals surface area contributed by atoms with Gasteiger partial charge in [-0.05, 0) is 60.4 Å². The fourth-order valence-electron chi connectivity index (χ4n) is 2.63. The number of benzene rings is 2. The van der Waals surface area contributed by atoms with Crippen LogP contribution in [0.25, 0.3) is 0 Å². The SMILES string of the molecule is Cc1cccc(C(C)C)c1C.Cc1ccccc1C(C)C. The third-order valence-electron chi connectivity index (χ3n) is 4.08. The summed E-state index contributed by atoms with van der Waals surface area (Å²) >= 11 is 0. The first-order valence-corrected chi connectivity index (χ1v) is 7.96. The van der Waals surface area contributed by atoms with Crippen molar-refractivity contribution in [3.8, 4) is 0 Å². The minimum absolute atomic E-state index is 0.648. The molecule has 0 nitrogen and oxygen atoms in total. The van der Waals surface area contributed by atoms with Gasteiger partial charge in [0, 0.05) is 0 Å². The molecule has 114 valence electrons. The maximum atomic E-state index is 2.24. The highest BCUT2D eigenvalue weighted by atomic mass is 14.1. The molecule has 0 atom stereocenters. The minimum Gasteiger partial charge on any atom is -0.0620 e. The number of hydrogen-bond donors (Lipinski definition) is 0. The van der Waals surface area contributed by atoms with Crippen molar-refractivity contribution in [3.05, 3.63) is 70.3 Å². The van der Waals surface area contributed by atoms with Crippen LogP contribution in [0.4, 0.5) is 0 Å². The molecule has 2 rings (SSSR count). The van der Waals surface area contributed by atoms with Gasteiger partial charge in [0.05, 0.1) is 0 Å². The van der Waals surface area contributed by atoms with Gasteiger partial charge in [0.25, 0.3) is 0 Å². The first kappa shape index (κ1) is 17.5. The van der Waals surface area contributed by atoms with Gasteiger partial charge in [-0.15, -0.1) is 0 Å². The molecule has 2 aromatic carbocycles. The highest BCUT2D eigenvalue weighted by Gasteiger charge is 2.03. The molecular weight excluding hydrogens is 252 g/mol. The van der Waals surface area contributed by atoms with Crippen molar-refractivity contribution in [2.24, 2.45) is 0 Å². The van der Waals surface area contributed by atoms with Crippen LogP contribution in [0.2, 0.25) is 0 Å². The summed E-state index contributed by atoms with van der Waals surface area (Å²) in [6.07, 6.45) is 0. The largest absolute Gasteiger partial charge is 0.0620 e. The standard InChI is InChI=1S/C11H16.C10H14/c1-8(2)11-7-5-6-9(3)10(11)4;1-8(2)10-7-5-4-6-9(10)3/h5-8H,1-4H3;4-8H,1-3H3. The van der Waals surface area contributed by atoms with E-state index in [1.807, 2.05) is 0 Å². The molecule has 21 heavy (non-hydrogen) atoms. The van der Waals surface area contributed by atoms with Crippen molar-refractivity contribution in [2.75, 3.05) is 0 Å². The fraction of sp³-hybridized carbons (Fsp3) is 0.429. The van der Waals surface area contributed by atoms with Gasteiger partial charge >= 0.3 is 0 Å². The zero-order chi connectivity index (χ0) is 16.0. The molecule has 0 bridgehead atoms. The molecule has 0 saturated heterocycles. The van der Waals surface area contributed by atoms with Gasteiger partial charge in [0.1, 0.15) is 0 Å². The summed E-state index contributed by atoms with van der Waals surface area (Å²) < 4.78 is 0. The van der Waals surface area contributed by atoms with E-state index in [9.17, 15) is 0 Å². The summed E-state index contributed by atoms with van der Waals surface area (Å²) in [5.74, 6) is 1.30. The van der Waals surface area contributed by atoms with Crippen molar-refractivity contribution in [3.63, 3.8) is 0 Å².